The van der Waals surface area contributed by atoms with Crippen molar-refractivity contribution in [3.05, 3.63) is 35.8 Å². The lowest BCUT2D eigenvalue weighted by molar-refractivity contribution is 0.399. The Labute approximate surface area is 87.3 Å². The number of halogens is 1. The number of nitriles is 1. The zero-order valence-electron chi connectivity index (χ0n) is 7.44. The predicted molar refractivity (Wildman–Crippen MR) is 54.7 cm³/mol. The van der Waals surface area contributed by atoms with Crippen LogP contribution in [-0.2, 0) is 0 Å². The third-order valence-electron chi connectivity index (χ3n) is 1.65. The zero-order chi connectivity index (χ0) is 10.4. The number of hydrogen-bond donors (Lipinski definition) is 1. The van der Waals surface area contributed by atoms with Gasteiger partial charge < -0.3 is 5.11 Å². The highest BCUT2D eigenvalue weighted by Gasteiger charge is 2.07. The molecule has 0 atom stereocenters. The second-order valence-electron chi connectivity index (χ2n) is 2.59. The van der Waals surface area contributed by atoms with Crippen LogP contribution in [0.5, 0.6) is 0 Å². The van der Waals surface area contributed by atoms with Gasteiger partial charge in [0, 0.05) is 18.5 Å². The van der Waals surface area contributed by atoms with Gasteiger partial charge in [0.15, 0.2) is 0 Å². The molecule has 0 saturated carbocycles. The van der Waals surface area contributed by atoms with Gasteiger partial charge in [-0.1, -0.05) is 6.07 Å². The first-order valence-corrected chi connectivity index (χ1v) is 4.62. The first kappa shape index (κ1) is 10.6. The fraction of sp³-hybridized carbons (Fsp3) is 0.200. The fourth-order valence-electron chi connectivity index (χ4n) is 0.995. The summed E-state index contributed by atoms with van der Waals surface area (Å²) in [6.07, 6.45) is 1.85. The summed E-state index contributed by atoms with van der Waals surface area (Å²) in [7, 11) is 0. The molecule has 1 heterocycles. The van der Waals surface area contributed by atoms with Crippen LogP contribution in [0.25, 0.3) is 5.57 Å². The van der Waals surface area contributed by atoms with Crippen LogP contribution >= 0.6 is 11.6 Å². The van der Waals surface area contributed by atoms with E-state index in [9.17, 15) is 5.11 Å². The summed E-state index contributed by atoms with van der Waals surface area (Å²) in [5.74, 6) is 0.269. The summed E-state index contributed by atoms with van der Waals surface area (Å²) in [4.78, 5) is 3.97. The SMILES string of the molecule is N#C/C(=C(/O)CCCl)c1ccccn1. The minimum absolute atomic E-state index is 0.0128. The zero-order valence-corrected chi connectivity index (χ0v) is 8.20. The van der Waals surface area contributed by atoms with Crippen LogP contribution in [0.1, 0.15) is 12.1 Å². The van der Waals surface area contributed by atoms with Crippen LogP contribution in [0.15, 0.2) is 30.2 Å². The molecule has 14 heavy (non-hydrogen) atoms. The summed E-state index contributed by atoms with van der Waals surface area (Å²) in [6.45, 7) is 0. The van der Waals surface area contributed by atoms with E-state index < -0.39 is 0 Å². The largest absolute Gasteiger partial charge is 0.511 e. The van der Waals surface area contributed by atoms with Gasteiger partial charge >= 0.3 is 0 Å². The van der Waals surface area contributed by atoms with Crippen LogP contribution in [0, 0.1) is 11.3 Å². The Morgan fingerprint density at radius 1 is 1.57 bits per heavy atom. The van der Waals surface area contributed by atoms with Crippen molar-refractivity contribution in [2.75, 3.05) is 5.88 Å². The minimum Gasteiger partial charge on any atom is -0.511 e. The van der Waals surface area contributed by atoms with Crippen molar-refractivity contribution in [3.63, 3.8) is 0 Å². The van der Waals surface area contributed by atoms with Crippen molar-refractivity contribution in [1.82, 2.24) is 4.98 Å². The number of hydrogen-bond acceptors (Lipinski definition) is 3. The third kappa shape index (κ3) is 2.48. The van der Waals surface area contributed by atoms with Gasteiger partial charge in [-0.2, -0.15) is 5.26 Å². The Morgan fingerprint density at radius 3 is 2.86 bits per heavy atom. The number of aliphatic hydroxyl groups excluding tert-OH is 1. The van der Waals surface area contributed by atoms with Crippen molar-refractivity contribution in [2.45, 2.75) is 6.42 Å². The van der Waals surface area contributed by atoms with Crippen molar-refractivity contribution < 1.29 is 5.11 Å². The average molecular weight is 209 g/mol. The molecule has 3 nitrogen and oxygen atoms in total. The smallest absolute Gasteiger partial charge is 0.115 e. The maximum Gasteiger partial charge on any atom is 0.115 e. The fourth-order valence-corrected chi connectivity index (χ4v) is 1.17. The third-order valence-corrected chi connectivity index (χ3v) is 1.84. The lowest BCUT2D eigenvalue weighted by Crippen LogP contribution is -1.93. The van der Waals surface area contributed by atoms with Gasteiger partial charge in [0.25, 0.3) is 0 Å². The highest BCUT2D eigenvalue weighted by atomic mass is 35.5. The molecule has 4 heteroatoms. The molecule has 72 valence electrons. The molecular weight excluding hydrogens is 200 g/mol. The van der Waals surface area contributed by atoms with Gasteiger partial charge in [-0.25, -0.2) is 0 Å². The van der Waals surface area contributed by atoms with E-state index in [1.165, 1.54) is 0 Å². The van der Waals surface area contributed by atoms with Crippen molar-refractivity contribution in [3.8, 4) is 6.07 Å². The Hall–Kier alpha value is -1.53. The molecule has 0 unspecified atom stereocenters. The van der Waals surface area contributed by atoms with Gasteiger partial charge in [-0.15, -0.1) is 11.6 Å². The van der Waals surface area contributed by atoms with E-state index in [4.69, 9.17) is 16.9 Å². The minimum atomic E-state index is -0.0128. The molecule has 1 aromatic heterocycles. The first-order chi connectivity index (χ1) is 6.79. The van der Waals surface area contributed by atoms with Gasteiger partial charge in [-0.05, 0) is 12.1 Å². The monoisotopic (exact) mass is 208 g/mol. The van der Waals surface area contributed by atoms with Crippen molar-refractivity contribution in [1.29, 1.82) is 5.26 Å². The number of aromatic nitrogens is 1. The summed E-state index contributed by atoms with van der Waals surface area (Å²) in [5.41, 5.74) is 0.656. The quantitative estimate of drug-likeness (QED) is 0.472. The summed E-state index contributed by atoms with van der Waals surface area (Å²) < 4.78 is 0. The second kappa shape index (κ2) is 5.25. The first-order valence-electron chi connectivity index (χ1n) is 4.09. The molecule has 0 saturated heterocycles. The standard InChI is InChI=1S/C10H9ClN2O/c11-5-4-10(14)8(7-12)9-3-1-2-6-13-9/h1-3,6,14H,4-5H2/b10-8-. The van der Waals surface area contributed by atoms with Crippen LogP contribution in [0.4, 0.5) is 0 Å². The Kier molecular flexibility index (Phi) is 3.96. The summed E-state index contributed by atoms with van der Waals surface area (Å²) >= 11 is 5.46. The number of allylic oxidation sites excluding steroid dienone is 2. The van der Waals surface area contributed by atoms with E-state index in [1.807, 2.05) is 6.07 Å². The van der Waals surface area contributed by atoms with Gasteiger partial charge in [-0.3, -0.25) is 4.98 Å². The lowest BCUT2D eigenvalue weighted by Gasteiger charge is -2.01. The average Bonchev–Trinajstić information content (AvgIpc) is 2.21. The molecule has 0 amide bonds. The summed E-state index contributed by atoms with van der Waals surface area (Å²) in [5, 5.41) is 18.3. The Morgan fingerprint density at radius 2 is 2.36 bits per heavy atom. The number of rotatable bonds is 3. The Balaban J connectivity index is 3.06. The van der Waals surface area contributed by atoms with Crippen LogP contribution in [0.3, 0.4) is 0 Å². The van der Waals surface area contributed by atoms with E-state index in [0.29, 0.717) is 5.69 Å². The molecule has 0 radical (unpaired) electrons. The topological polar surface area (TPSA) is 56.9 Å². The van der Waals surface area contributed by atoms with E-state index in [0.717, 1.165) is 0 Å². The highest BCUT2D eigenvalue weighted by Crippen LogP contribution is 2.16. The molecule has 0 fully saturated rings. The molecule has 0 aromatic carbocycles. The normalized spacial score (nSPS) is 11.7. The van der Waals surface area contributed by atoms with Crippen LogP contribution < -0.4 is 0 Å². The number of nitrogens with zero attached hydrogens (tertiary/aromatic N) is 2. The van der Waals surface area contributed by atoms with E-state index in [-0.39, 0.29) is 23.6 Å². The van der Waals surface area contributed by atoms with Crippen molar-refractivity contribution >= 4 is 17.2 Å². The predicted octanol–water partition coefficient (Wildman–Crippen LogP) is 2.50. The van der Waals surface area contributed by atoms with Crippen LogP contribution in [-0.4, -0.2) is 16.0 Å². The highest BCUT2D eigenvalue weighted by molar-refractivity contribution is 6.18. The molecule has 0 bridgehead atoms. The molecule has 0 aliphatic rings. The molecular formula is C10H9ClN2O. The van der Waals surface area contributed by atoms with Crippen molar-refractivity contribution in [2.24, 2.45) is 0 Å². The van der Waals surface area contributed by atoms with Gasteiger partial charge in [0.05, 0.1) is 5.69 Å². The molecule has 1 rings (SSSR count). The van der Waals surface area contributed by atoms with E-state index in [2.05, 4.69) is 4.98 Å². The lowest BCUT2D eigenvalue weighted by atomic mass is 10.1. The molecule has 0 aliphatic carbocycles. The molecule has 0 spiro atoms. The number of alkyl halides is 1. The van der Waals surface area contributed by atoms with Crippen LogP contribution in [0.2, 0.25) is 0 Å². The maximum absolute atomic E-state index is 9.50. The summed E-state index contributed by atoms with van der Waals surface area (Å²) in [6, 6.07) is 7.09. The second-order valence-corrected chi connectivity index (χ2v) is 2.97. The number of pyridine rings is 1. The van der Waals surface area contributed by atoms with E-state index >= 15 is 0 Å². The number of aliphatic hydroxyl groups is 1. The Bertz CT molecular complexity index is 367. The maximum atomic E-state index is 9.50. The van der Waals surface area contributed by atoms with Gasteiger partial charge in [0.2, 0.25) is 0 Å². The van der Waals surface area contributed by atoms with E-state index in [1.54, 1.807) is 24.4 Å². The molecule has 1 aromatic rings. The molecule has 0 aliphatic heterocycles. The van der Waals surface area contributed by atoms with Gasteiger partial charge in [0.1, 0.15) is 17.4 Å². The molecule has 1 N–H and O–H groups in total.